The van der Waals surface area contributed by atoms with Gasteiger partial charge in [0.25, 0.3) is 11.8 Å². The molecule has 2 atom stereocenters. The first kappa shape index (κ1) is 38.8. The third-order valence-electron chi connectivity index (χ3n) is 13.6. The van der Waals surface area contributed by atoms with Crippen molar-refractivity contribution in [2.24, 2.45) is 11.3 Å². The Morgan fingerprint density at radius 3 is 2.31 bits per heavy atom. The van der Waals surface area contributed by atoms with Crippen LogP contribution in [-0.4, -0.2) is 121 Å². The van der Waals surface area contributed by atoms with Gasteiger partial charge in [-0.2, -0.15) is 5.26 Å². The number of carbonyl (C=O) groups excluding carboxylic acids is 4. The number of anilines is 3. The van der Waals surface area contributed by atoms with Crippen LogP contribution in [0.1, 0.15) is 82.3 Å². The van der Waals surface area contributed by atoms with E-state index in [0.29, 0.717) is 27.6 Å². The number of nitriles is 1. The molecule has 5 fully saturated rings. The number of rotatable bonds is 7. The number of hydrogen-bond acceptors (Lipinski definition) is 11. The second kappa shape index (κ2) is 15.8. The Labute approximate surface area is 347 Å². The van der Waals surface area contributed by atoms with E-state index in [-0.39, 0.29) is 36.0 Å². The number of amides is 4. The lowest BCUT2D eigenvalue weighted by Crippen LogP contribution is -2.53. The second-order valence-electron chi connectivity index (χ2n) is 16.9. The summed E-state index contributed by atoms with van der Waals surface area (Å²) in [7, 11) is 0. The summed E-state index contributed by atoms with van der Waals surface area (Å²) in [6.45, 7) is 10.1. The van der Waals surface area contributed by atoms with Crippen LogP contribution >= 0.6 is 22.9 Å². The molecule has 7 heterocycles. The predicted molar refractivity (Wildman–Crippen MR) is 222 cm³/mol. The van der Waals surface area contributed by atoms with E-state index in [4.69, 9.17) is 11.6 Å². The van der Waals surface area contributed by atoms with Gasteiger partial charge in [0.1, 0.15) is 12.1 Å². The van der Waals surface area contributed by atoms with Crippen LogP contribution in [0.15, 0.2) is 48.5 Å². The van der Waals surface area contributed by atoms with Gasteiger partial charge in [-0.3, -0.25) is 34.3 Å². The highest BCUT2D eigenvalue weighted by atomic mass is 35.5. The average Bonchev–Trinajstić information content (AvgIpc) is 3.96. The summed E-state index contributed by atoms with van der Waals surface area (Å²) >= 11 is 7.94. The maximum absolute atomic E-state index is 13.6. The van der Waals surface area contributed by atoms with E-state index in [9.17, 15) is 29.5 Å². The molecule has 6 aliphatic rings. The number of imide groups is 1. The number of piperidine rings is 3. The standard InChI is InChI=1S/C43H49ClN8O5S/c44-34-24-31(2-1-29(34)25-45)51-18-13-43(27-51)11-16-50(17-12-43)42(57)36-6-8-38(58-36)49-21-19-47(20-22-49)26-28-9-14-48(15-10-28)30-3-4-32-33(23-30)41(56)52(40(32)55)35-5-7-37(53)46-39(35)54/h1-4,6,8,23-24,28,35,40,55H,5,7,9-22,26-27H2,(H,46,53,54). The number of hydrogen-bond donors (Lipinski definition) is 2. The third-order valence-corrected chi connectivity index (χ3v) is 15.0. The number of nitrogens with one attached hydrogen (secondary N) is 1. The second-order valence-corrected chi connectivity index (χ2v) is 18.4. The van der Waals surface area contributed by atoms with Crippen LogP contribution in [-0.2, 0) is 9.59 Å². The number of fused-ring (bicyclic) bond motifs is 1. The van der Waals surface area contributed by atoms with E-state index < -0.39 is 18.2 Å². The Hall–Kier alpha value is -4.68. The lowest BCUT2D eigenvalue weighted by Gasteiger charge is -2.40. The number of piperazine rings is 1. The number of thiophene rings is 1. The molecule has 0 aliphatic carbocycles. The van der Waals surface area contributed by atoms with Crippen molar-refractivity contribution in [1.29, 1.82) is 5.26 Å². The molecule has 9 rings (SSSR count). The minimum absolute atomic E-state index is 0.138. The first-order chi connectivity index (χ1) is 28.1. The van der Waals surface area contributed by atoms with E-state index in [1.54, 1.807) is 23.5 Å². The van der Waals surface area contributed by atoms with Crippen molar-refractivity contribution in [3.63, 3.8) is 0 Å². The number of carbonyl (C=O) groups is 4. The number of likely N-dealkylation sites (tertiary alicyclic amines) is 1. The number of aliphatic hydroxyl groups excluding tert-OH is 1. The van der Waals surface area contributed by atoms with Crippen molar-refractivity contribution in [1.82, 2.24) is 20.0 Å². The third kappa shape index (κ3) is 7.42. The number of benzene rings is 2. The Balaban J connectivity index is 0.717. The molecule has 2 aromatic carbocycles. The molecule has 2 N–H and O–H groups in total. The molecule has 4 amide bonds. The van der Waals surface area contributed by atoms with Crippen LogP contribution in [0.2, 0.25) is 5.02 Å². The van der Waals surface area contributed by atoms with Crippen LogP contribution in [0.3, 0.4) is 0 Å². The van der Waals surface area contributed by atoms with E-state index in [1.807, 2.05) is 35.2 Å². The van der Waals surface area contributed by atoms with Crippen molar-refractivity contribution < 1.29 is 24.3 Å². The van der Waals surface area contributed by atoms with Crippen LogP contribution < -0.4 is 20.0 Å². The molecule has 13 nitrogen and oxygen atoms in total. The molecular formula is C43H49ClN8O5S. The summed E-state index contributed by atoms with van der Waals surface area (Å²) in [5, 5.41) is 24.2. The monoisotopic (exact) mass is 824 g/mol. The molecule has 6 aliphatic heterocycles. The van der Waals surface area contributed by atoms with Gasteiger partial charge in [0.05, 0.1) is 20.5 Å². The van der Waals surface area contributed by atoms with Gasteiger partial charge in [-0.25, -0.2) is 0 Å². The molecule has 15 heteroatoms. The van der Waals surface area contributed by atoms with Gasteiger partial charge in [-0.05, 0) is 92.3 Å². The summed E-state index contributed by atoms with van der Waals surface area (Å²) in [5.41, 5.74) is 3.63. The van der Waals surface area contributed by atoms with E-state index in [1.165, 1.54) is 4.90 Å². The summed E-state index contributed by atoms with van der Waals surface area (Å²) in [6.07, 6.45) is 4.31. The Morgan fingerprint density at radius 1 is 0.862 bits per heavy atom. The Bertz CT molecular complexity index is 2150. The molecule has 1 aromatic heterocycles. The minimum atomic E-state index is -1.21. The van der Waals surface area contributed by atoms with Crippen LogP contribution in [0.25, 0.3) is 0 Å². The van der Waals surface area contributed by atoms with E-state index >= 15 is 0 Å². The molecule has 3 aromatic rings. The van der Waals surface area contributed by atoms with E-state index in [0.717, 1.165) is 125 Å². The molecule has 5 saturated heterocycles. The maximum Gasteiger partial charge on any atom is 0.263 e. The minimum Gasteiger partial charge on any atom is -0.371 e. The van der Waals surface area contributed by atoms with Crippen molar-refractivity contribution >= 4 is 62.9 Å². The van der Waals surface area contributed by atoms with Gasteiger partial charge >= 0.3 is 0 Å². The fourth-order valence-electron chi connectivity index (χ4n) is 10.0. The molecule has 2 unspecified atom stereocenters. The topological polar surface area (TPSA) is 144 Å². The predicted octanol–water partition coefficient (Wildman–Crippen LogP) is 4.70. The Kier molecular flexibility index (Phi) is 10.6. The fourth-order valence-corrected chi connectivity index (χ4v) is 11.3. The summed E-state index contributed by atoms with van der Waals surface area (Å²) in [4.78, 5) is 64.9. The SMILES string of the molecule is N#Cc1ccc(N2CCC3(CCN(C(=O)c4ccc(N5CCN(CC6CCN(c7ccc8c(c7)C(=O)N(C7CCC(=O)NC7=O)C8O)CC6)CC5)s4)CC3)C2)cc1Cl. The number of halogens is 1. The van der Waals surface area contributed by atoms with Crippen molar-refractivity contribution in [2.75, 3.05) is 86.7 Å². The highest BCUT2D eigenvalue weighted by Gasteiger charge is 2.45. The number of aliphatic hydroxyl groups is 1. The fraction of sp³-hybridized carbons (Fsp3) is 0.512. The van der Waals surface area contributed by atoms with Crippen molar-refractivity contribution in [2.45, 2.75) is 57.2 Å². The maximum atomic E-state index is 13.6. The average molecular weight is 825 g/mol. The molecule has 0 bridgehead atoms. The van der Waals surface area contributed by atoms with Crippen molar-refractivity contribution in [3.05, 3.63) is 75.1 Å². The smallest absolute Gasteiger partial charge is 0.263 e. The van der Waals surface area contributed by atoms with Crippen LogP contribution in [0, 0.1) is 22.7 Å². The van der Waals surface area contributed by atoms with Gasteiger partial charge in [-0.1, -0.05) is 17.7 Å². The summed E-state index contributed by atoms with van der Waals surface area (Å²) < 4.78 is 0. The zero-order chi connectivity index (χ0) is 40.1. The lowest BCUT2D eigenvalue weighted by molar-refractivity contribution is -0.139. The lowest BCUT2D eigenvalue weighted by atomic mass is 9.77. The zero-order valence-electron chi connectivity index (χ0n) is 32.6. The molecule has 0 saturated carbocycles. The highest BCUT2D eigenvalue weighted by molar-refractivity contribution is 7.18. The molecule has 58 heavy (non-hydrogen) atoms. The first-order valence-corrected chi connectivity index (χ1v) is 21.8. The molecule has 304 valence electrons. The van der Waals surface area contributed by atoms with Gasteiger partial charge in [0.15, 0.2) is 6.23 Å². The van der Waals surface area contributed by atoms with E-state index in [2.05, 4.69) is 37.1 Å². The highest BCUT2D eigenvalue weighted by Crippen LogP contribution is 2.43. The largest absolute Gasteiger partial charge is 0.371 e. The van der Waals surface area contributed by atoms with Crippen LogP contribution in [0.4, 0.5) is 16.4 Å². The number of nitrogens with zero attached hydrogens (tertiary/aromatic N) is 7. The van der Waals surface area contributed by atoms with Gasteiger partial charge in [0, 0.05) is 101 Å². The van der Waals surface area contributed by atoms with Crippen molar-refractivity contribution in [3.8, 4) is 6.07 Å². The van der Waals surface area contributed by atoms with Gasteiger partial charge in [0.2, 0.25) is 11.8 Å². The molecule has 0 radical (unpaired) electrons. The first-order valence-electron chi connectivity index (χ1n) is 20.6. The van der Waals surface area contributed by atoms with Crippen LogP contribution in [0.5, 0.6) is 0 Å². The zero-order valence-corrected chi connectivity index (χ0v) is 34.1. The molecule has 1 spiro atoms. The van der Waals surface area contributed by atoms with Gasteiger partial charge < -0.3 is 24.7 Å². The van der Waals surface area contributed by atoms with Gasteiger partial charge in [-0.15, -0.1) is 11.3 Å². The Morgan fingerprint density at radius 2 is 1.59 bits per heavy atom. The summed E-state index contributed by atoms with van der Waals surface area (Å²) in [6, 6.07) is 16.7. The molecular weight excluding hydrogens is 776 g/mol. The quantitative estimate of drug-likeness (QED) is 0.322. The summed E-state index contributed by atoms with van der Waals surface area (Å²) in [5.74, 6) is -0.548. The normalized spacial score (nSPS) is 24.1.